The molecular weight excluding hydrogens is 1290 g/mol. The zero-order valence-corrected chi connectivity index (χ0v) is 64.2. The van der Waals surface area contributed by atoms with Crippen molar-refractivity contribution >= 4 is 6.15 Å². The summed E-state index contributed by atoms with van der Waals surface area (Å²) in [6, 6.07) is 0. The van der Waals surface area contributed by atoms with Crippen molar-refractivity contribution in [2.24, 2.45) is 59.2 Å². The van der Waals surface area contributed by atoms with Gasteiger partial charge < -0.3 is 71.4 Å². The van der Waals surface area contributed by atoms with Crippen LogP contribution in [0.4, 0.5) is 0 Å². The summed E-state index contributed by atoms with van der Waals surface area (Å²) < 4.78 is 93.8. The first kappa shape index (κ1) is 78.8. The second kappa shape index (κ2) is 34.0. The van der Waals surface area contributed by atoms with Crippen LogP contribution in [0.1, 0.15) is 230 Å². The molecule has 36 atom stereocenters. The maximum Gasteiger partial charge on any atom is 0.373 e. The Bertz CT molecular complexity index is 2890. The number of aliphatic hydroxyl groups is 1. The lowest BCUT2D eigenvalue weighted by molar-refractivity contribution is -0.263. The van der Waals surface area contributed by atoms with E-state index in [1.165, 1.54) is 28.7 Å². The molecular formula is C85H132O17. The number of hydrogen-bond donors (Lipinski definition) is 1. The molecule has 17 heteroatoms. The first-order valence-electron chi connectivity index (χ1n) is 40.8. The van der Waals surface area contributed by atoms with E-state index in [0.29, 0.717) is 53.4 Å². The first-order chi connectivity index (χ1) is 49.0. The zero-order valence-electron chi connectivity index (χ0n) is 64.2. The third kappa shape index (κ3) is 16.7. The highest BCUT2D eigenvalue weighted by molar-refractivity contribution is 5.20. The molecule has 16 fully saturated rings. The van der Waals surface area contributed by atoms with Crippen LogP contribution in [0.25, 0.3) is 0 Å². The molecule has 102 heavy (non-hydrogen) atoms. The average Bonchev–Trinajstić information content (AvgIpc) is 1.56. The molecule has 0 saturated carbocycles. The van der Waals surface area contributed by atoms with Crippen LogP contribution in [0.15, 0.2) is 73.9 Å². The van der Waals surface area contributed by atoms with Crippen molar-refractivity contribution in [2.45, 2.75) is 388 Å². The van der Waals surface area contributed by atoms with Crippen LogP contribution in [-0.4, -0.2) is 176 Å². The monoisotopic (exact) mass is 1420 g/mol. The van der Waals surface area contributed by atoms with Gasteiger partial charge in [0, 0.05) is 57.0 Å². The van der Waals surface area contributed by atoms with Crippen LogP contribution < -0.4 is 0 Å². The molecule has 0 amide bonds. The molecule has 12 bridgehead atoms. The summed E-state index contributed by atoms with van der Waals surface area (Å²) in [6.07, 6.45) is 28.1. The average molecular weight is 1430 g/mol. The van der Waals surface area contributed by atoms with Gasteiger partial charge in [0.2, 0.25) is 0 Å². The third-order valence-electron chi connectivity index (χ3n) is 27.9. The van der Waals surface area contributed by atoms with E-state index >= 15 is 0 Å². The normalized spacial score (nSPS) is 47.8. The Labute approximate surface area is 612 Å². The maximum atomic E-state index is 9.90. The molecule has 0 aromatic carbocycles. The molecule has 0 aromatic heterocycles. The maximum absolute atomic E-state index is 9.90. The van der Waals surface area contributed by atoms with Gasteiger partial charge in [0.15, 0.2) is 11.6 Å². The van der Waals surface area contributed by atoms with Gasteiger partial charge in [-0.15, -0.1) is 13.2 Å². The first-order valence-corrected chi connectivity index (χ1v) is 40.8. The van der Waals surface area contributed by atoms with Crippen molar-refractivity contribution in [2.75, 3.05) is 6.61 Å². The van der Waals surface area contributed by atoms with Gasteiger partial charge in [-0.2, -0.15) is 9.59 Å². The number of ether oxygens (including phenoxy) is 14. The van der Waals surface area contributed by atoms with Gasteiger partial charge in [-0.1, -0.05) is 134 Å². The fraction of sp³-hybridized carbons (Fsp3) is 0.847. The van der Waals surface area contributed by atoms with Crippen LogP contribution in [0.3, 0.4) is 0 Å². The molecule has 16 aliphatic heterocycles. The summed E-state index contributed by atoms with van der Waals surface area (Å²) in [7, 11) is 0. The highest BCUT2D eigenvalue weighted by Crippen LogP contribution is 2.57. The predicted molar refractivity (Wildman–Crippen MR) is 389 cm³/mol. The summed E-state index contributed by atoms with van der Waals surface area (Å²) in [5.74, 6) is 3.31. The molecule has 0 spiro atoms. The standard InChI is InChI=1S/C42H66O8.C42H66O7.CO2/c1-9-11-33-28(8)38-40-41(47-33)39-37(48-40)22-42(49-38,50-39)16-14-30-20-25(5)32(44-30)13-12-29-19-24(4)26(6)35(45-29)21-36-31(15-17-43)27(7)34(46-36)18-23(3)10-2;1-10-13-33-28(9)38-40-41(46-33)39-37(47-40)22-42(48-38,49-39)17-16-30-20-25(6)32(43-30)15-14-29-19-24(5)26(7)35(44-29)21-36-31(12-3)27(8)34(45-36)18-23(4)11-2;2-1-3/h9,23-24,27-41,43H,1,5-6,10-22H2,2-4,7-8H3;10,23-24,27-41H,1,6-7,11-22H2,2-5,8-9H3;/t2*23-,24-,27-,28?,29?,30+,31-,32+,33+,34-,35-,36+,37-,38+,39+,40?,41+,42-;/m11./s1. The predicted octanol–water partition coefficient (Wildman–Crippen LogP) is 15.4. The van der Waals surface area contributed by atoms with Crippen molar-refractivity contribution in [1.29, 1.82) is 0 Å². The molecule has 6 unspecified atom stereocenters. The Morgan fingerprint density at radius 3 is 1.25 bits per heavy atom. The van der Waals surface area contributed by atoms with E-state index in [0.717, 1.165) is 148 Å². The summed E-state index contributed by atoms with van der Waals surface area (Å²) in [6.45, 7) is 51.4. The van der Waals surface area contributed by atoms with Gasteiger partial charge in [-0.05, 0) is 166 Å². The molecule has 16 rings (SSSR count). The molecule has 574 valence electrons. The summed E-state index contributed by atoms with van der Waals surface area (Å²) in [5.41, 5.74) is 4.83. The van der Waals surface area contributed by atoms with E-state index < -0.39 is 11.6 Å². The lowest BCUT2D eigenvalue weighted by atomic mass is 9.79. The Balaban J connectivity index is 0.000000186. The number of rotatable bonds is 29. The molecule has 1 N–H and O–H groups in total. The van der Waals surface area contributed by atoms with Crippen LogP contribution in [-0.2, 0) is 75.9 Å². The zero-order chi connectivity index (χ0) is 72.6. The van der Waals surface area contributed by atoms with Gasteiger partial charge in [-0.25, -0.2) is 0 Å². The second-order valence-corrected chi connectivity index (χ2v) is 34.7. The Morgan fingerprint density at radius 1 is 0.461 bits per heavy atom. The SMILES string of the molecule is C=CC[C@@H]1O[C@@H]2C3O[C@@H]4C[C@](CC[C@H]5CC(=C)[C@H](CCC6C[C@@H](C)C(=C)[C@@H](C[C@@H]7O[C@H](C[C@H](C)CC)[C@H](C)[C@H]7CC)O6)O5)(O[C@H]3C1C)O[C@H]24.C=CC[C@@H]1O[C@@H]2C3O[C@@H]4C[C@](CC[C@H]5CC(=C)[C@H](CCC6C[C@@H](C)C(=C)[C@@H](C[C@@H]7O[C@H](C[C@H](C)CC)[C@H](C)[C@H]7CCO)O6)O5)(O[C@H]3C1C)O[C@H]24.O=C=O. The minimum atomic E-state index is -0.637. The van der Waals surface area contributed by atoms with Crippen LogP contribution >= 0.6 is 0 Å². The smallest absolute Gasteiger partial charge is 0.373 e. The summed E-state index contributed by atoms with van der Waals surface area (Å²) >= 11 is 0. The molecule has 17 nitrogen and oxygen atoms in total. The van der Waals surface area contributed by atoms with Gasteiger partial charge in [0.05, 0.1) is 110 Å². The minimum absolute atomic E-state index is 0.0196. The number of aliphatic hydroxyl groups excluding tert-OH is 1. The van der Waals surface area contributed by atoms with Crippen molar-refractivity contribution in [1.82, 2.24) is 0 Å². The second-order valence-electron chi connectivity index (χ2n) is 34.7. The van der Waals surface area contributed by atoms with E-state index in [-0.39, 0.29) is 165 Å². The molecule has 16 heterocycles. The fourth-order valence-electron chi connectivity index (χ4n) is 21.2. The summed E-state index contributed by atoms with van der Waals surface area (Å²) in [4.78, 5) is 16.2. The third-order valence-corrected chi connectivity index (χ3v) is 27.9. The van der Waals surface area contributed by atoms with Crippen LogP contribution in [0.5, 0.6) is 0 Å². The Hall–Kier alpha value is -2.78. The van der Waals surface area contributed by atoms with E-state index in [9.17, 15) is 5.11 Å². The fourth-order valence-corrected chi connectivity index (χ4v) is 21.2. The lowest BCUT2D eigenvalue weighted by Gasteiger charge is -2.42. The summed E-state index contributed by atoms with van der Waals surface area (Å²) in [5, 5.41) is 9.90. The lowest BCUT2D eigenvalue weighted by Crippen LogP contribution is -2.54. The number of hydrogen-bond acceptors (Lipinski definition) is 17. The Morgan fingerprint density at radius 2 is 0.853 bits per heavy atom. The highest BCUT2D eigenvalue weighted by Gasteiger charge is 2.69. The van der Waals surface area contributed by atoms with Crippen molar-refractivity contribution in [3.8, 4) is 0 Å². The van der Waals surface area contributed by atoms with Gasteiger partial charge >= 0.3 is 6.15 Å². The minimum Gasteiger partial charge on any atom is -0.396 e. The van der Waals surface area contributed by atoms with E-state index in [1.54, 1.807) is 0 Å². The molecule has 0 aromatic rings. The van der Waals surface area contributed by atoms with Gasteiger partial charge in [0.25, 0.3) is 0 Å². The highest BCUT2D eigenvalue weighted by atomic mass is 16.8. The van der Waals surface area contributed by atoms with Crippen molar-refractivity contribution < 1.29 is 81.0 Å². The van der Waals surface area contributed by atoms with Gasteiger partial charge in [0.1, 0.15) is 36.6 Å². The van der Waals surface area contributed by atoms with Crippen molar-refractivity contribution in [3.63, 3.8) is 0 Å². The Kier molecular flexibility index (Phi) is 26.3. The van der Waals surface area contributed by atoms with Crippen molar-refractivity contribution in [3.05, 3.63) is 73.9 Å². The van der Waals surface area contributed by atoms with Crippen LogP contribution in [0.2, 0.25) is 0 Å². The molecule has 16 aliphatic rings. The van der Waals surface area contributed by atoms with Gasteiger partial charge in [-0.3, -0.25) is 0 Å². The van der Waals surface area contributed by atoms with E-state index in [2.05, 4.69) is 116 Å². The number of carbonyl (C=O) groups excluding carboxylic acids is 2. The molecule has 0 radical (unpaired) electrons. The van der Waals surface area contributed by atoms with E-state index in [1.807, 2.05) is 12.2 Å². The van der Waals surface area contributed by atoms with Crippen LogP contribution in [0, 0.1) is 59.2 Å². The molecule has 0 aliphatic carbocycles. The van der Waals surface area contributed by atoms with E-state index in [4.69, 9.17) is 75.9 Å². The topological polar surface area (TPSA) is 184 Å². The molecule has 16 saturated heterocycles. The quantitative estimate of drug-likeness (QED) is 0.0697. The largest absolute Gasteiger partial charge is 0.396 e.